The number of carbonyl (C=O) groups excluding carboxylic acids is 2. The molecule has 1 fully saturated rings. The summed E-state index contributed by atoms with van der Waals surface area (Å²) in [6.45, 7) is 5.74. The molecule has 2 heterocycles. The summed E-state index contributed by atoms with van der Waals surface area (Å²) in [6.07, 6.45) is 8.94. The van der Waals surface area contributed by atoms with E-state index in [1.54, 1.807) is 0 Å². The fourth-order valence-electron chi connectivity index (χ4n) is 4.68. The van der Waals surface area contributed by atoms with E-state index in [9.17, 15) is 14.7 Å². The van der Waals surface area contributed by atoms with Gasteiger partial charge in [0, 0.05) is 25.8 Å². The van der Waals surface area contributed by atoms with Gasteiger partial charge in [-0.3, -0.25) is 9.59 Å². The highest BCUT2D eigenvalue weighted by Gasteiger charge is 2.27. The van der Waals surface area contributed by atoms with E-state index in [0.29, 0.717) is 56.3 Å². The summed E-state index contributed by atoms with van der Waals surface area (Å²) in [5.74, 6) is 1.66. The molecule has 0 radical (unpaired) electrons. The molecule has 3 rings (SSSR count). The summed E-state index contributed by atoms with van der Waals surface area (Å²) in [5, 5.41) is 14.3. The topological polar surface area (TPSA) is 88.1 Å². The molecule has 1 aromatic rings. The maximum absolute atomic E-state index is 12.7. The van der Waals surface area contributed by atoms with Gasteiger partial charge in [0.1, 0.15) is 25.1 Å². The third-order valence-electron chi connectivity index (χ3n) is 6.71. The van der Waals surface area contributed by atoms with Gasteiger partial charge in [-0.15, -0.1) is 0 Å². The molecule has 2 aliphatic rings. The lowest BCUT2D eigenvalue weighted by molar-refractivity contribution is -0.123. The second-order valence-electron chi connectivity index (χ2n) is 9.59. The average Bonchev–Trinajstić information content (AvgIpc) is 3.37. The van der Waals surface area contributed by atoms with Crippen molar-refractivity contribution in [2.75, 3.05) is 32.8 Å². The van der Waals surface area contributed by atoms with Crippen LogP contribution in [0.4, 0.5) is 0 Å². The van der Waals surface area contributed by atoms with Crippen molar-refractivity contribution < 1.29 is 24.2 Å². The van der Waals surface area contributed by atoms with Gasteiger partial charge in [-0.1, -0.05) is 32.3 Å². The Morgan fingerprint density at radius 1 is 0.971 bits per heavy atom. The Bertz CT molecular complexity index is 778. The minimum Gasteiger partial charge on any atom is -0.486 e. The Balaban J connectivity index is 1.47. The van der Waals surface area contributed by atoms with Crippen LogP contribution < -0.4 is 14.8 Å². The van der Waals surface area contributed by atoms with Gasteiger partial charge in [0.05, 0.1) is 6.04 Å². The number of aliphatic hydroxyl groups excluding tert-OH is 1. The van der Waals surface area contributed by atoms with E-state index >= 15 is 0 Å². The van der Waals surface area contributed by atoms with Crippen molar-refractivity contribution in [3.8, 4) is 11.5 Å². The number of ketones is 1. The molecule has 2 atom stereocenters. The zero-order chi connectivity index (χ0) is 24.2. The third-order valence-corrected chi connectivity index (χ3v) is 6.71. The van der Waals surface area contributed by atoms with Crippen molar-refractivity contribution in [3.05, 3.63) is 23.8 Å². The number of fused-ring (bicyclic) bond motifs is 1. The lowest BCUT2D eigenvalue weighted by Gasteiger charge is -2.29. The van der Waals surface area contributed by atoms with Gasteiger partial charge in [0.2, 0.25) is 5.91 Å². The molecule has 34 heavy (non-hydrogen) atoms. The predicted molar refractivity (Wildman–Crippen MR) is 132 cm³/mol. The molecule has 1 amide bonds. The number of Topliss-reactive ketones (excluding diaryl/α,β-unsaturated/α-hetero) is 1. The average molecular weight is 475 g/mol. The molecule has 0 aliphatic carbocycles. The summed E-state index contributed by atoms with van der Waals surface area (Å²) in [5.41, 5.74) is 0.724. The minimum atomic E-state index is -0.825. The van der Waals surface area contributed by atoms with Crippen molar-refractivity contribution in [2.45, 2.75) is 89.7 Å². The second kappa shape index (κ2) is 14.3. The Morgan fingerprint density at radius 2 is 1.65 bits per heavy atom. The standard InChI is InChI=1S/C27H42N2O5/c1-2-3-10-22(30)11-6-4-5-7-12-26(31)28-23(20-29-15-8-9-16-29)27(32)21-13-14-24-25(19-21)34-18-17-33-24/h13-14,19,23,27,32H,2-12,15-18,20H2,1H3,(H,28,31)/t23-,27?/m1/s1. The van der Waals surface area contributed by atoms with Crippen LogP contribution in [0.25, 0.3) is 0 Å². The highest BCUT2D eigenvalue weighted by molar-refractivity contribution is 5.78. The van der Waals surface area contributed by atoms with Crippen LogP contribution in [0.3, 0.4) is 0 Å². The lowest BCUT2D eigenvalue weighted by Crippen LogP contribution is -2.46. The lowest BCUT2D eigenvalue weighted by atomic mass is 10.0. The number of unbranched alkanes of at least 4 members (excludes halogenated alkanes) is 4. The van der Waals surface area contributed by atoms with Crippen molar-refractivity contribution in [1.82, 2.24) is 10.2 Å². The van der Waals surface area contributed by atoms with E-state index in [4.69, 9.17) is 9.47 Å². The second-order valence-corrected chi connectivity index (χ2v) is 9.59. The summed E-state index contributed by atoms with van der Waals surface area (Å²) in [7, 11) is 0. The minimum absolute atomic E-state index is 0.0280. The van der Waals surface area contributed by atoms with Gasteiger partial charge in [-0.25, -0.2) is 0 Å². The Morgan fingerprint density at radius 3 is 2.38 bits per heavy atom. The van der Waals surface area contributed by atoms with Crippen LogP contribution in [0.15, 0.2) is 18.2 Å². The first-order chi connectivity index (χ1) is 16.6. The van der Waals surface area contributed by atoms with Crippen LogP contribution in [0.2, 0.25) is 0 Å². The molecule has 1 unspecified atom stereocenters. The Labute approximate surface area is 204 Å². The van der Waals surface area contributed by atoms with Gasteiger partial charge in [0.25, 0.3) is 0 Å². The molecule has 0 bridgehead atoms. The highest BCUT2D eigenvalue weighted by atomic mass is 16.6. The molecule has 0 aromatic heterocycles. The number of likely N-dealkylation sites (tertiary alicyclic amines) is 1. The maximum Gasteiger partial charge on any atom is 0.220 e. The predicted octanol–water partition coefficient (Wildman–Crippen LogP) is 4.17. The SMILES string of the molecule is CCCCC(=O)CCCCCCC(=O)N[C@H](CN1CCCC1)C(O)c1ccc2c(c1)OCCO2. The first-order valence-electron chi connectivity index (χ1n) is 13.2. The van der Waals surface area contributed by atoms with E-state index < -0.39 is 6.10 Å². The molecule has 1 aromatic carbocycles. The van der Waals surface area contributed by atoms with Crippen LogP contribution >= 0.6 is 0 Å². The van der Waals surface area contributed by atoms with Crippen molar-refractivity contribution in [3.63, 3.8) is 0 Å². The van der Waals surface area contributed by atoms with E-state index in [-0.39, 0.29) is 11.9 Å². The summed E-state index contributed by atoms with van der Waals surface area (Å²) < 4.78 is 11.3. The Kier molecular flexibility index (Phi) is 11.2. The van der Waals surface area contributed by atoms with Gasteiger partial charge < -0.3 is 24.8 Å². The van der Waals surface area contributed by atoms with Crippen LogP contribution in [0, 0.1) is 0 Å². The van der Waals surface area contributed by atoms with Crippen LogP contribution in [0.1, 0.15) is 89.2 Å². The van der Waals surface area contributed by atoms with Gasteiger partial charge in [-0.2, -0.15) is 0 Å². The number of hydrogen-bond donors (Lipinski definition) is 2. The molecule has 1 saturated heterocycles. The first kappa shape index (κ1) is 26.5. The molecule has 7 heteroatoms. The number of nitrogens with zero attached hydrogens (tertiary/aromatic N) is 1. The number of rotatable bonds is 15. The highest BCUT2D eigenvalue weighted by Crippen LogP contribution is 2.33. The number of carbonyl (C=O) groups is 2. The van der Waals surface area contributed by atoms with E-state index in [1.807, 2.05) is 18.2 Å². The van der Waals surface area contributed by atoms with Crippen molar-refractivity contribution in [2.24, 2.45) is 0 Å². The molecule has 0 saturated carbocycles. The smallest absolute Gasteiger partial charge is 0.220 e. The molecule has 7 nitrogen and oxygen atoms in total. The first-order valence-corrected chi connectivity index (χ1v) is 13.2. The fraction of sp³-hybridized carbons (Fsp3) is 0.704. The molecule has 190 valence electrons. The molecular formula is C27H42N2O5. The van der Waals surface area contributed by atoms with Gasteiger partial charge in [0.15, 0.2) is 11.5 Å². The largest absolute Gasteiger partial charge is 0.486 e. The van der Waals surface area contributed by atoms with Crippen LogP contribution in [0.5, 0.6) is 11.5 Å². The van der Waals surface area contributed by atoms with E-state index in [0.717, 1.165) is 70.0 Å². The monoisotopic (exact) mass is 474 g/mol. The fourth-order valence-corrected chi connectivity index (χ4v) is 4.68. The summed E-state index contributed by atoms with van der Waals surface area (Å²) >= 11 is 0. The third kappa shape index (κ3) is 8.58. The molecule has 2 aliphatic heterocycles. The molecule has 2 N–H and O–H groups in total. The maximum atomic E-state index is 12.7. The number of amides is 1. The number of nitrogens with one attached hydrogen (secondary N) is 1. The number of hydrogen-bond acceptors (Lipinski definition) is 6. The zero-order valence-corrected chi connectivity index (χ0v) is 20.7. The van der Waals surface area contributed by atoms with E-state index in [1.165, 1.54) is 0 Å². The summed E-state index contributed by atoms with van der Waals surface area (Å²) in [4.78, 5) is 26.8. The van der Waals surface area contributed by atoms with Crippen molar-refractivity contribution >= 4 is 11.7 Å². The van der Waals surface area contributed by atoms with Crippen LogP contribution in [-0.4, -0.2) is 60.6 Å². The number of ether oxygens (including phenoxy) is 2. The van der Waals surface area contributed by atoms with Crippen molar-refractivity contribution in [1.29, 1.82) is 0 Å². The zero-order valence-electron chi connectivity index (χ0n) is 20.7. The van der Waals surface area contributed by atoms with E-state index in [2.05, 4.69) is 17.1 Å². The van der Waals surface area contributed by atoms with Crippen LogP contribution in [-0.2, 0) is 9.59 Å². The molecular weight excluding hydrogens is 432 g/mol. The van der Waals surface area contributed by atoms with Gasteiger partial charge >= 0.3 is 0 Å². The normalized spacial score (nSPS) is 17.4. The summed E-state index contributed by atoms with van der Waals surface area (Å²) in [6, 6.07) is 5.12. The molecule has 0 spiro atoms. The van der Waals surface area contributed by atoms with Gasteiger partial charge in [-0.05, 0) is 62.9 Å². The number of aliphatic hydroxyl groups is 1. The Hall–Kier alpha value is -2.12. The quantitative estimate of drug-likeness (QED) is 0.371. The number of benzene rings is 1.